The van der Waals surface area contributed by atoms with Gasteiger partial charge in [-0.1, -0.05) is 6.92 Å². The van der Waals surface area contributed by atoms with Gasteiger partial charge in [0.15, 0.2) is 0 Å². The van der Waals surface area contributed by atoms with E-state index in [0.29, 0.717) is 0 Å². The molecule has 3 heterocycles. The van der Waals surface area contributed by atoms with Crippen LogP contribution in [-0.2, 0) is 4.79 Å². The molecule has 2 aromatic heterocycles. The summed E-state index contributed by atoms with van der Waals surface area (Å²) in [5.41, 5.74) is 0.185. The predicted molar refractivity (Wildman–Crippen MR) is 87.9 cm³/mol. The van der Waals surface area contributed by atoms with Crippen molar-refractivity contribution in [3.63, 3.8) is 0 Å². The lowest BCUT2D eigenvalue weighted by molar-refractivity contribution is -0.130. The van der Waals surface area contributed by atoms with Gasteiger partial charge in [-0.25, -0.2) is 16.5 Å². The van der Waals surface area contributed by atoms with E-state index < -0.39 is 37.2 Å². The number of amides is 1. The van der Waals surface area contributed by atoms with Gasteiger partial charge in [0.05, 0.1) is 16.9 Å². The maximum Gasteiger partial charge on any atom is 0.302 e. The van der Waals surface area contributed by atoms with E-state index in [2.05, 4.69) is 19.8 Å². The van der Waals surface area contributed by atoms with E-state index in [1.165, 1.54) is 20.2 Å². The second kappa shape index (κ2) is 6.24. The number of rotatable bonds is 3. The molecule has 120 valence electrons. The Hall–Kier alpha value is -2.62. The summed E-state index contributed by atoms with van der Waals surface area (Å²) in [7, 11) is 1.36. The molecule has 3 rings (SSSR count). The summed E-state index contributed by atoms with van der Waals surface area (Å²) in [5, 5.41) is 0.186. The number of aromatic amines is 1. The van der Waals surface area contributed by atoms with Crippen LogP contribution in [0.5, 0.6) is 0 Å². The molecule has 1 saturated heterocycles. The number of piperidine rings is 1. The van der Waals surface area contributed by atoms with Crippen molar-refractivity contribution in [1.29, 1.82) is 0 Å². The fourth-order valence-corrected chi connectivity index (χ4v) is 2.48. The number of hydrogen-bond donors (Lipinski definition) is 1. The lowest BCUT2D eigenvalue weighted by atomic mass is 9.92. The minimum absolute atomic E-state index is 0.00515. The van der Waals surface area contributed by atoms with E-state index in [-0.39, 0.29) is 35.9 Å². The molecule has 1 aliphatic heterocycles. The molecule has 0 aromatic carbocycles. The minimum atomic E-state index is -2.66. The van der Waals surface area contributed by atoms with Crippen molar-refractivity contribution in [2.75, 3.05) is 31.5 Å². The van der Waals surface area contributed by atoms with Crippen LogP contribution in [0.4, 0.5) is 5.82 Å². The normalized spacial score (nSPS) is 33.5. The number of aromatic nitrogens is 3. The second-order valence-corrected chi connectivity index (χ2v) is 5.22. The van der Waals surface area contributed by atoms with Gasteiger partial charge in [-0.2, -0.15) is 0 Å². The van der Waals surface area contributed by atoms with Crippen molar-refractivity contribution in [1.82, 2.24) is 19.9 Å². The Balaban J connectivity index is 2.22. The van der Waals surface area contributed by atoms with Crippen molar-refractivity contribution in [2.24, 2.45) is 5.89 Å². The van der Waals surface area contributed by atoms with E-state index in [1.807, 2.05) is 0 Å². The fraction of sp³-hybridized carbons (Fsp3) is 0.500. The number of hydrogen-bond acceptors (Lipinski definition) is 4. The molecule has 0 radical (unpaired) electrons. The first-order valence-electron chi connectivity index (χ1n) is 10.1. The van der Waals surface area contributed by atoms with Crippen LogP contribution in [0.25, 0.3) is 15.9 Å². The van der Waals surface area contributed by atoms with Gasteiger partial charge in [-0.15, -0.1) is 0 Å². The summed E-state index contributed by atoms with van der Waals surface area (Å²) >= 11 is 0. The van der Waals surface area contributed by atoms with E-state index >= 15 is 0 Å². The van der Waals surface area contributed by atoms with Crippen LogP contribution >= 0.6 is 0 Å². The lowest BCUT2D eigenvalue weighted by Crippen LogP contribution is -2.53. The third-order valence-electron chi connectivity index (χ3n) is 3.73. The highest BCUT2D eigenvalue weighted by molar-refractivity contribution is 5.87. The zero-order chi connectivity index (χ0) is 21.8. The monoisotopic (exact) mass is 318 g/mol. The number of likely N-dealkylation sites (tertiary alicyclic amines) is 1. The molecule has 1 aliphatic rings. The number of carbonyl (C=O) groups is 1. The summed E-state index contributed by atoms with van der Waals surface area (Å²) < 4.78 is 51.0. The Bertz CT molecular complexity index is 1020. The molecule has 0 saturated carbocycles. The van der Waals surface area contributed by atoms with Crippen LogP contribution in [0.1, 0.15) is 21.6 Å². The number of carbonyl (C=O) groups excluding carboxylic acids is 1. The summed E-state index contributed by atoms with van der Waals surface area (Å²) in [4.78, 5) is 28.0. The minimum Gasteiger partial charge on any atom is -0.354 e. The first-order valence-corrected chi connectivity index (χ1v) is 7.08. The lowest BCUT2D eigenvalue weighted by Gasteiger charge is -2.41. The predicted octanol–water partition coefficient (Wildman–Crippen LogP) is 1.55. The third kappa shape index (κ3) is 2.84. The van der Waals surface area contributed by atoms with Gasteiger partial charge in [0.1, 0.15) is 19.1 Å². The van der Waals surface area contributed by atoms with Crippen molar-refractivity contribution < 1.29 is 13.0 Å². The average molecular weight is 318 g/mol. The summed E-state index contributed by atoms with van der Waals surface area (Å²) in [6.07, 6.45) is 0.939. The topological polar surface area (TPSA) is 69.5 Å². The largest absolute Gasteiger partial charge is 0.354 e. The van der Waals surface area contributed by atoms with Gasteiger partial charge < -0.3 is 19.6 Å². The molecule has 2 aromatic rings. The zero-order valence-corrected chi connectivity index (χ0v) is 12.8. The molecule has 0 bridgehead atoms. The number of likely N-dealkylation sites (N-methyl/N-ethyl adjacent to an activating group) is 1. The van der Waals surface area contributed by atoms with Crippen molar-refractivity contribution in [2.45, 2.75) is 19.4 Å². The number of anilines is 1. The fourth-order valence-electron chi connectivity index (χ4n) is 2.48. The van der Waals surface area contributed by atoms with Crippen molar-refractivity contribution in [3.05, 3.63) is 30.0 Å². The van der Waals surface area contributed by atoms with E-state index in [4.69, 9.17) is 14.8 Å². The number of H-pyrrole nitrogens is 1. The molecule has 1 amide bonds. The zero-order valence-electron chi connectivity index (χ0n) is 18.8. The molecule has 1 N–H and O–H groups in total. The Morgan fingerprint density at radius 3 is 3.35 bits per heavy atom. The SMILES string of the molecule is [2H]c1nc(N(C)[C@@]2([2H])C([2H])([2H])N(C(=O)C[N+]#[C-])CC[C@@]2([2H])C)c2c([2H])c[nH]c2n1. The van der Waals surface area contributed by atoms with E-state index in [0.717, 1.165) is 9.80 Å². The van der Waals surface area contributed by atoms with Gasteiger partial charge in [-0.3, -0.25) is 4.79 Å². The quantitative estimate of drug-likeness (QED) is 0.872. The standard InChI is InChI=1S/C16H20N6O/c1-11-5-7-22(14(23)8-17-2)9-13(11)21(3)16-12-4-6-18-15(12)19-10-20-16/h4,6,10-11,13H,5,7-9H2,1,3H3,(H,18,19,20)/t11-,13+/m1/s1/i4D,9D2,10D,11D,13D. The first-order chi connectivity index (χ1) is 13.4. The van der Waals surface area contributed by atoms with Crippen LogP contribution in [-0.4, -0.2) is 58.4 Å². The number of nitrogens with one attached hydrogen (secondary N) is 1. The molecule has 0 spiro atoms. The van der Waals surface area contributed by atoms with Crippen LogP contribution in [0.15, 0.2) is 18.5 Å². The Morgan fingerprint density at radius 1 is 1.74 bits per heavy atom. The van der Waals surface area contributed by atoms with E-state index in [9.17, 15) is 4.79 Å². The second-order valence-electron chi connectivity index (χ2n) is 5.22. The third-order valence-corrected chi connectivity index (χ3v) is 3.73. The maximum absolute atomic E-state index is 12.4. The van der Waals surface area contributed by atoms with Crippen molar-refractivity contribution in [3.8, 4) is 0 Å². The van der Waals surface area contributed by atoms with Gasteiger partial charge in [0, 0.05) is 27.7 Å². The van der Waals surface area contributed by atoms with Gasteiger partial charge in [0.25, 0.3) is 6.54 Å². The molecule has 1 fully saturated rings. The highest BCUT2D eigenvalue weighted by atomic mass is 16.2. The number of nitrogens with zero attached hydrogens (tertiary/aromatic N) is 5. The molecular formula is C16H20N6O. The Kier molecular flexibility index (Phi) is 2.58. The number of fused-ring (bicyclic) bond motifs is 1. The summed E-state index contributed by atoms with van der Waals surface area (Å²) in [6, 6.07) is -2.36. The van der Waals surface area contributed by atoms with Crippen LogP contribution in [0.2, 0.25) is 0 Å². The molecule has 7 nitrogen and oxygen atoms in total. The Morgan fingerprint density at radius 2 is 2.57 bits per heavy atom. The van der Waals surface area contributed by atoms with E-state index in [1.54, 1.807) is 0 Å². The van der Waals surface area contributed by atoms with Gasteiger partial charge in [-0.05, 0) is 18.4 Å². The smallest absolute Gasteiger partial charge is 0.302 e. The summed E-state index contributed by atoms with van der Waals surface area (Å²) in [5.74, 6) is -2.50. The van der Waals surface area contributed by atoms with Crippen LogP contribution in [0, 0.1) is 12.5 Å². The summed E-state index contributed by atoms with van der Waals surface area (Å²) in [6.45, 7) is 4.98. The highest BCUT2D eigenvalue weighted by Gasteiger charge is 2.33. The molecule has 0 unspecified atom stereocenters. The maximum atomic E-state index is 12.4. The average Bonchev–Trinajstić information content (AvgIpc) is 2.99. The van der Waals surface area contributed by atoms with Gasteiger partial charge >= 0.3 is 5.91 Å². The molecule has 7 heteroatoms. The highest BCUT2D eigenvalue weighted by Crippen LogP contribution is 2.28. The molecular weight excluding hydrogens is 292 g/mol. The van der Waals surface area contributed by atoms with Crippen LogP contribution in [0.3, 0.4) is 0 Å². The van der Waals surface area contributed by atoms with Gasteiger partial charge in [0.2, 0.25) is 0 Å². The molecule has 2 atom stereocenters. The van der Waals surface area contributed by atoms with Crippen molar-refractivity contribution >= 4 is 22.8 Å². The molecule has 23 heavy (non-hydrogen) atoms. The Labute approximate surface area is 143 Å². The van der Waals surface area contributed by atoms with Crippen LogP contribution < -0.4 is 4.90 Å². The molecule has 0 aliphatic carbocycles. The first kappa shape index (κ1) is 9.50.